The lowest BCUT2D eigenvalue weighted by Crippen LogP contribution is -2.51. The Morgan fingerprint density at radius 2 is 1.53 bits per heavy atom. The van der Waals surface area contributed by atoms with Crippen LogP contribution in [0.25, 0.3) is 0 Å². The number of nitrogens with two attached hydrogens (primary N) is 1. The minimum absolute atomic E-state index is 0.134. The van der Waals surface area contributed by atoms with Crippen LogP contribution in [0.2, 0.25) is 0 Å². The highest BCUT2D eigenvalue weighted by atomic mass is 16.3. The van der Waals surface area contributed by atoms with Gasteiger partial charge in [0.05, 0.1) is 0 Å². The van der Waals surface area contributed by atoms with Crippen LogP contribution in [0, 0.1) is 16.2 Å². The second kappa shape index (κ2) is 4.89. The van der Waals surface area contributed by atoms with Gasteiger partial charge in [-0.05, 0) is 48.3 Å². The van der Waals surface area contributed by atoms with Gasteiger partial charge in [-0.2, -0.15) is 0 Å². The maximum atomic E-state index is 9.41. The Bertz CT molecular complexity index is 242. The molecule has 2 heteroatoms. The van der Waals surface area contributed by atoms with E-state index in [9.17, 15) is 5.11 Å². The highest BCUT2D eigenvalue weighted by molar-refractivity contribution is 5.01. The fraction of sp³-hybridized carbons (Fsp3) is 1.00. The van der Waals surface area contributed by atoms with E-state index in [4.69, 9.17) is 5.73 Å². The lowest BCUT2D eigenvalue weighted by atomic mass is 9.52. The smallest absolute Gasteiger partial charge is 0.0436 e. The van der Waals surface area contributed by atoms with Gasteiger partial charge >= 0.3 is 0 Å². The van der Waals surface area contributed by atoms with Crippen LogP contribution in [0.1, 0.15) is 66.7 Å². The van der Waals surface area contributed by atoms with Crippen molar-refractivity contribution in [2.75, 3.05) is 6.61 Å². The Labute approximate surface area is 107 Å². The van der Waals surface area contributed by atoms with E-state index in [1.165, 1.54) is 6.42 Å². The molecule has 0 aromatic heterocycles. The van der Waals surface area contributed by atoms with Gasteiger partial charge in [-0.3, -0.25) is 0 Å². The molecule has 3 N–H and O–H groups in total. The molecule has 0 aliphatic heterocycles. The summed E-state index contributed by atoms with van der Waals surface area (Å²) in [6.07, 6.45) is 5.42. The zero-order chi connectivity index (χ0) is 13.3. The van der Waals surface area contributed by atoms with Crippen LogP contribution in [-0.2, 0) is 0 Å². The van der Waals surface area contributed by atoms with Crippen molar-refractivity contribution in [2.24, 2.45) is 22.0 Å². The van der Waals surface area contributed by atoms with Gasteiger partial charge in [0.15, 0.2) is 0 Å². The van der Waals surface area contributed by atoms with Crippen molar-refractivity contribution in [3.63, 3.8) is 0 Å². The number of hydrogen-bond acceptors (Lipinski definition) is 2. The number of rotatable bonds is 4. The highest BCUT2D eigenvalue weighted by Crippen LogP contribution is 2.56. The summed E-state index contributed by atoms with van der Waals surface area (Å²) in [7, 11) is 0. The number of aliphatic hydroxyl groups excluding tert-OH is 1. The first-order valence-corrected chi connectivity index (χ1v) is 7.03. The summed E-state index contributed by atoms with van der Waals surface area (Å²) >= 11 is 0. The molecule has 0 spiro atoms. The quantitative estimate of drug-likeness (QED) is 0.793. The van der Waals surface area contributed by atoms with Crippen LogP contribution >= 0.6 is 0 Å². The van der Waals surface area contributed by atoms with Gasteiger partial charge in [-0.1, -0.05) is 34.6 Å². The van der Waals surface area contributed by atoms with E-state index in [2.05, 4.69) is 34.6 Å². The van der Waals surface area contributed by atoms with Gasteiger partial charge in [-0.25, -0.2) is 0 Å². The molecule has 17 heavy (non-hydrogen) atoms. The van der Waals surface area contributed by atoms with E-state index < -0.39 is 0 Å². The van der Waals surface area contributed by atoms with E-state index in [-0.39, 0.29) is 18.1 Å². The summed E-state index contributed by atoms with van der Waals surface area (Å²) in [5.41, 5.74) is 7.21. The van der Waals surface area contributed by atoms with Crippen LogP contribution in [0.15, 0.2) is 0 Å². The molecule has 0 radical (unpaired) electrons. The largest absolute Gasteiger partial charge is 0.396 e. The topological polar surface area (TPSA) is 46.2 Å². The second-order valence-corrected chi connectivity index (χ2v) is 7.71. The average molecular weight is 241 g/mol. The summed E-state index contributed by atoms with van der Waals surface area (Å²) in [4.78, 5) is 0. The van der Waals surface area contributed by atoms with Crippen LogP contribution in [0.4, 0.5) is 0 Å². The molecule has 0 saturated heterocycles. The first-order chi connectivity index (χ1) is 7.66. The van der Waals surface area contributed by atoms with E-state index in [0.717, 1.165) is 25.7 Å². The van der Waals surface area contributed by atoms with Crippen molar-refractivity contribution < 1.29 is 5.11 Å². The van der Waals surface area contributed by atoms with E-state index in [1.54, 1.807) is 0 Å². The van der Waals surface area contributed by atoms with Crippen LogP contribution < -0.4 is 5.73 Å². The normalized spacial score (nSPS) is 27.7. The van der Waals surface area contributed by atoms with E-state index >= 15 is 0 Å². The van der Waals surface area contributed by atoms with Crippen LogP contribution in [-0.4, -0.2) is 17.8 Å². The molecular weight excluding hydrogens is 210 g/mol. The predicted octanol–water partition coefficient (Wildman–Crippen LogP) is 3.33. The first kappa shape index (κ1) is 15.0. The molecule has 0 aromatic rings. The minimum atomic E-state index is 0.134. The Balaban J connectivity index is 3.03. The summed E-state index contributed by atoms with van der Waals surface area (Å²) in [6.45, 7) is 11.8. The monoisotopic (exact) mass is 241 g/mol. The Hall–Kier alpha value is -0.0800. The molecule has 0 bridgehead atoms. The van der Waals surface area contributed by atoms with Gasteiger partial charge < -0.3 is 10.8 Å². The van der Waals surface area contributed by atoms with Crippen molar-refractivity contribution in [1.82, 2.24) is 0 Å². The third-order valence-electron chi connectivity index (χ3n) is 4.45. The summed E-state index contributed by atoms with van der Waals surface area (Å²) in [6, 6.07) is 0.216. The average Bonchev–Trinajstić information content (AvgIpc) is 2.11. The zero-order valence-electron chi connectivity index (χ0n) is 12.3. The van der Waals surface area contributed by atoms with E-state index in [1.807, 2.05) is 0 Å². The van der Waals surface area contributed by atoms with Crippen molar-refractivity contribution in [3.8, 4) is 0 Å². The Morgan fingerprint density at radius 1 is 1.06 bits per heavy atom. The molecular formula is C15H31NO. The summed E-state index contributed by atoms with van der Waals surface area (Å²) in [5, 5.41) is 9.41. The molecule has 1 atom stereocenters. The molecule has 1 rings (SSSR count). The number of aliphatic hydroxyl groups is 1. The first-order valence-electron chi connectivity index (χ1n) is 7.03. The lowest BCUT2D eigenvalue weighted by molar-refractivity contribution is -0.0332. The molecule has 1 fully saturated rings. The minimum Gasteiger partial charge on any atom is -0.396 e. The third kappa shape index (κ3) is 3.45. The molecule has 1 saturated carbocycles. The van der Waals surface area contributed by atoms with Crippen molar-refractivity contribution in [3.05, 3.63) is 0 Å². The number of hydrogen-bond donors (Lipinski definition) is 2. The molecule has 0 aromatic carbocycles. The van der Waals surface area contributed by atoms with Gasteiger partial charge in [-0.15, -0.1) is 0 Å². The lowest BCUT2D eigenvalue weighted by Gasteiger charge is -2.54. The Morgan fingerprint density at radius 3 is 1.88 bits per heavy atom. The Kier molecular flexibility index (Phi) is 4.31. The van der Waals surface area contributed by atoms with Crippen molar-refractivity contribution in [1.29, 1.82) is 0 Å². The van der Waals surface area contributed by atoms with Crippen molar-refractivity contribution in [2.45, 2.75) is 72.8 Å². The highest BCUT2D eigenvalue weighted by Gasteiger charge is 2.49. The molecule has 2 nitrogen and oxygen atoms in total. The molecule has 0 heterocycles. The molecule has 102 valence electrons. The third-order valence-corrected chi connectivity index (χ3v) is 4.45. The predicted molar refractivity (Wildman–Crippen MR) is 73.8 cm³/mol. The fourth-order valence-electron chi connectivity index (χ4n) is 4.67. The molecule has 0 amide bonds. The maximum Gasteiger partial charge on any atom is 0.0436 e. The SMILES string of the molecule is CCC(N)C1(CCO)CC(C)(C)CC(C)(C)C1. The van der Waals surface area contributed by atoms with Gasteiger partial charge in [0.25, 0.3) is 0 Å². The van der Waals surface area contributed by atoms with Crippen LogP contribution in [0.5, 0.6) is 0 Å². The summed E-state index contributed by atoms with van der Waals surface area (Å²) < 4.78 is 0. The zero-order valence-corrected chi connectivity index (χ0v) is 12.3. The maximum absolute atomic E-state index is 9.41. The van der Waals surface area contributed by atoms with E-state index in [0.29, 0.717) is 10.8 Å². The molecule has 1 aliphatic carbocycles. The molecule has 1 aliphatic rings. The second-order valence-electron chi connectivity index (χ2n) is 7.71. The van der Waals surface area contributed by atoms with Gasteiger partial charge in [0.1, 0.15) is 0 Å². The standard InChI is InChI=1S/C15H31NO/c1-6-12(16)15(7-8-17)10-13(2,3)9-14(4,5)11-15/h12,17H,6-11,16H2,1-5H3. The summed E-state index contributed by atoms with van der Waals surface area (Å²) in [5.74, 6) is 0. The van der Waals surface area contributed by atoms with Gasteiger partial charge in [0, 0.05) is 12.6 Å². The fourth-order valence-corrected chi connectivity index (χ4v) is 4.67. The molecule has 1 unspecified atom stereocenters. The van der Waals surface area contributed by atoms with Gasteiger partial charge in [0.2, 0.25) is 0 Å². The van der Waals surface area contributed by atoms with Crippen LogP contribution in [0.3, 0.4) is 0 Å². The van der Waals surface area contributed by atoms with Crippen molar-refractivity contribution >= 4 is 0 Å².